The fourth-order valence-electron chi connectivity index (χ4n) is 4.19. The highest BCUT2D eigenvalue weighted by Gasteiger charge is 2.33. The maximum absolute atomic E-state index is 13.3. The van der Waals surface area contributed by atoms with Gasteiger partial charge in [0.05, 0.1) is 32.9 Å². The number of methoxy groups -OCH3 is 3. The lowest BCUT2D eigenvalue weighted by molar-refractivity contribution is 0.0600. The van der Waals surface area contributed by atoms with Gasteiger partial charge in [-0.25, -0.2) is 9.59 Å². The van der Waals surface area contributed by atoms with Crippen LogP contribution in [-0.4, -0.2) is 51.4 Å². The predicted octanol–water partition coefficient (Wildman–Crippen LogP) is 5.35. The fraction of sp³-hybridized carbons (Fsp3) is 0.259. The second-order valence-electron chi connectivity index (χ2n) is 8.13. The molecule has 1 aliphatic rings. The number of benzene rings is 3. The highest BCUT2D eigenvalue weighted by Crippen LogP contribution is 2.38. The number of esters is 1. The molecular formula is C27H27ClN2O6. The average molecular weight is 511 g/mol. The van der Waals surface area contributed by atoms with Gasteiger partial charge in [-0.2, -0.15) is 0 Å². The number of ether oxygens (including phenoxy) is 4. The summed E-state index contributed by atoms with van der Waals surface area (Å²) >= 11 is 6.09. The molecule has 0 aromatic heterocycles. The van der Waals surface area contributed by atoms with Crippen molar-refractivity contribution in [3.63, 3.8) is 0 Å². The van der Waals surface area contributed by atoms with E-state index in [-0.39, 0.29) is 12.6 Å². The molecule has 36 heavy (non-hydrogen) atoms. The van der Waals surface area contributed by atoms with Crippen LogP contribution in [0, 0.1) is 0 Å². The molecule has 9 heteroatoms. The van der Waals surface area contributed by atoms with Crippen LogP contribution >= 0.6 is 11.6 Å². The number of halogens is 1. The second kappa shape index (κ2) is 11.2. The second-order valence-corrected chi connectivity index (χ2v) is 8.57. The first-order valence-electron chi connectivity index (χ1n) is 11.3. The van der Waals surface area contributed by atoms with Crippen LogP contribution in [-0.2, 0) is 11.2 Å². The maximum atomic E-state index is 13.3. The van der Waals surface area contributed by atoms with E-state index in [1.165, 1.54) is 7.11 Å². The summed E-state index contributed by atoms with van der Waals surface area (Å²) in [4.78, 5) is 26.8. The van der Waals surface area contributed by atoms with Crippen molar-refractivity contribution in [2.45, 2.75) is 12.5 Å². The molecule has 1 atom stereocenters. The van der Waals surface area contributed by atoms with Crippen LogP contribution in [0.3, 0.4) is 0 Å². The lowest BCUT2D eigenvalue weighted by Crippen LogP contribution is -2.44. The van der Waals surface area contributed by atoms with Gasteiger partial charge < -0.3 is 29.2 Å². The Labute approximate surface area is 214 Å². The summed E-state index contributed by atoms with van der Waals surface area (Å²) in [5.74, 6) is 1.34. The Morgan fingerprint density at radius 1 is 1.00 bits per heavy atom. The summed E-state index contributed by atoms with van der Waals surface area (Å²) in [6.45, 7) is 0.660. The number of rotatable bonds is 7. The number of hydrogen-bond donors (Lipinski definition) is 1. The van der Waals surface area contributed by atoms with Crippen LogP contribution in [0.2, 0.25) is 5.02 Å². The maximum Gasteiger partial charge on any atom is 0.337 e. The molecule has 188 valence electrons. The highest BCUT2D eigenvalue weighted by atomic mass is 35.5. The van der Waals surface area contributed by atoms with Gasteiger partial charge in [-0.15, -0.1) is 0 Å². The number of nitrogens with one attached hydrogen (secondary N) is 1. The topological polar surface area (TPSA) is 86.3 Å². The van der Waals surface area contributed by atoms with E-state index in [4.69, 9.17) is 30.5 Å². The standard InChI is InChI=1S/C27H27ClN2O6/c1-33-24-13-18-11-12-30(27(32)29-20-6-4-5-19(28)14-20)23(22(18)15-25(24)34-2)16-36-21-9-7-17(8-10-21)26(31)35-3/h4-10,13-15,23H,11-12,16H2,1-3H3,(H,29,32)/t23-/m0/s1. The zero-order valence-corrected chi connectivity index (χ0v) is 21.0. The van der Waals surface area contributed by atoms with Crippen LogP contribution in [0.1, 0.15) is 27.5 Å². The molecule has 3 aromatic carbocycles. The third-order valence-corrected chi connectivity index (χ3v) is 6.26. The van der Waals surface area contributed by atoms with Crippen molar-refractivity contribution in [3.05, 3.63) is 82.4 Å². The summed E-state index contributed by atoms with van der Waals surface area (Å²) in [5.41, 5.74) is 2.98. The zero-order chi connectivity index (χ0) is 25.7. The SMILES string of the molecule is COC(=O)c1ccc(OC[C@H]2c3cc(OC)c(OC)cc3CCN2C(=O)Nc2cccc(Cl)c2)cc1. The Hall–Kier alpha value is -3.91. The fourth-order valence-corrected chi connectivity index (χ4v) is 4.38. The van der Waals surface area contributed by atoms with Gasteiger partial charge in [-0.05, 0) is 72.1 Å². The normalized spacial score (nSPS) is 14.4. The van der Waals surface area contributed by atoms with Gasteiger partial charge in [0.25, 0.3) is 0 Å². The van der Waals surface area contributed by atoms with Gasteiger partial charge in [0.2, 0.25) is 0 Å². The Kier molecular flexibility index (Phi) is 7.85. The van der Waals surface area contributed by atoms with E-state index >= 15 is 0 Å². The molecule has 3 aromatic rings. The number of nitrogens with zero attached hydrogens (tertiary/aromatic N) is 1. The number of amides is 2. The monoisotopic (exact) mass is 510 g/mol. The first-order chi connectivity index (χ1) is 17.4. The van der Waals surface area contributed by atoms with Crippen molar-refractivity contribution < 1.29 is 28.5 Å². The number of urea groups is 1. The molecular weight excluding hydrogens is 484 g/mol. The van der Waals surface area contributed by atoms with Crippen molar-refractivity contribution in [3.8, 4) is 17.2 Å². The lowest BCUT2D eigenvalue weighted by atomic mass is 9.92. The van der Waals surface area contributed by atoms with Gasteiger partial charge in [0.15, 0.2) is 11.5 Å². The van der Waals surface area contributed by atoms with E-state index < -0.39 is 12.0 Å². The molecule has 0 spiro atoms. The van der Waals surface area contributed by atoms with Crippen LogP contribution in [0.25, 0.3) is 0 Å². The van der Waals surface area contributed by atoms with Gasteiger partial charge in [0, 0.05) is 17.3 Å². The molecule has 0 radical (unpaired) electrons. The number of carbonyl (C=O) groups is 2. The van der Waals surface area contributed by atoms with Crippen molar-refractivity contribution in [1.82, 2.24) is 4.90 Å². The third-order valence-electron chi connectivity index (χ3n) is 6.02. The smallest absolute Gasteiger partial charge is 0.337 e. The van der Waals surface area contributed by atoms with Gasteiger partial charge in [0.1, 0.15) is 12.4 Å². The van der Waals surface area contributed by atoms with E-state index in [9.17, 15) is 9.59 Å². The molecule has 0 fully saturated rings. The predicted molar refractivity (Wildman–Crippen MR) is 136 cm³/mol. The van der Waals surface area contributed by atoms with Crippen LogP contribution in [0.15, 0.2) is 60.7 Å². The van der Waals surface area contributed by atoms with Crippen molar-refractivity contribution in [2.75, 3.05) is 39.8 Å². The van der Waals surface area contributed by atoms with E-state index in [0.29, 0.717) is 46.5 Å². The Bertz CT molecular complexity index is 1250. The van der Waals surface area contributed by atoms with Crippen molar-refractivity contribution >= 4 is 29.3 Å². The molecule has 0 bridgehead atoms. The molecule has 4 rings (SSSR count). The van der Waals surface area contributed by atoms with Crippen LogP contribution in [0.4, 0.5) is 10.5 Å². The molecule has 0 unspecified atom stereocenters. The Morgan fingerprint density at radius 3 is 2.39 bits per heavy atom. The summed E-state index contributed by atoms with van der Waals surface area (Å²) < 4.78 is 21.8. The van der Waals surface area contributed by atoms with E-state index in [2.05, 4.69) is 5.32 Å². The molecule has 8 nitrogen and oxygen atoms in total. The molecule has 1 aliphatic heterocycles. The van der Waals surface area contributed by atoms with Gasteiger partial charge >= 0.3 is 12.0 Å². The first-order valence-corrected chi connectivity index (χ1v) is 11.7. The number of carbonyl (C=O) groups excluding carboxylic acids is 2. The lowest BCUT2D eigenvalue weighted by Gasteiger charge is -2.37. The minimum atomic E-state index is -0.423. The average Bonchev–Trinajstić information content (AvgIpc) is 2.90. The quantitative estimate of drug-likeness (QED) is 0.431. The summed E-state index contributed by atoms with van der Waals surface area (Å²) in [6, 6.07) is 16.8. The molecule has 1 N–H and O–H groups in total. The van der Waals surface area contributed by atoms with Crippen molar-refractivity contribution in [2.24, 2.45) is 0 Å². The van der Waals surface area contributed by atoms with Crippen molar-refractivity contribution in [1.29, 1.82) is 0 Å². The van der Waals surface area contributed by atoms with Gasteiger partial charge in [-0.3, -0.25) is 0 Å². The zero-order valence-electron chi connectivity index (χ0n) is 20.2. The van der Waals surface area contributed by atoms with Crippen LogP contribution in [0.5, 0.6) is 17.2 Å². The Morgan fingerprint density at radius 2 is 1.72 bits per heavy atom. The largest absolute Gasteiger partial charge is 0.493 e. The van der Waals surface area contributed by atoms with Crippen LogP contribution < -0.4 is 19.5 Å². The number of anilines is 1. The number of fused-ring (bicyclic) bond motifs is 1. The molecule has 0 saturated carbocycles. The molecule has 0 aliphatic carbocycles. The Balaban J connectivity index is 1.62. The van der Waals surface area contributed by atoms with E-state index in [1.54, 1.807) is 67.7 Å². The van der Waals surface area contributed by atoms with E-state index in [1.807, 2.05) is 12.1 Å². The molecule has 2 amide bonds. The summed E-state index contributed by atoms with van der Waals surface area (Å²) in [7, 11) is 4.50. The van der Waals surface area contributed by atoms with Gasteiger partial charge in [-0.1, -0.05) is 17.7 Å². The molecule has 1 heterocycles. The molecule has 0 saturated heterocycles. The number of hydrogen-bond acceptors (Lipinski definition) is 6. The minimum Gasteiger partial charge on any atom is -0.493 e. The highest BCUT2D eigenvalue weighted by molar-refractivity contribution is 6.30. The summed E-state index contributed by atoms with van der Waals surface area (Å²) in [6.07, 6.45) is 0.642. The third kappa shape index (κ3) is 5.49. The van der Waals surface area contributed by atoms with E-state index in [0.717, 1.165) is 11.1 Å². The summed E-state index contributed by atoms with van der Waals surface area (Å²) in [5, 5.41) is 3.46. The first kappa shape index (κ1) is 25.2. The minimum absolute atomic E-state index is 0.184.